The Bertz CT molecular complexity index is 1580. The summed E-state index contributed by atoms with van der Waals surface area (Å²) in [4.78, 5) is 0.0207. The van der Waals surface area contributed by atoms with Crippen molar-refractivity contribution in [2.24, 2.45) is 0 Å². The van der Waals surface area contributed by atoms with Crippen molar-refractivity contribution in [1.29, 1.82) is 0 Å². The number of rotatable bonds is 9. The number of benzene rings is 4. The number of hydrogen-bond acceptors (Lipinski definition) is 6. The zero-order chi connectivity index (χ0) is 26.5. The molecular weight excluding hydrogens is 623 g/mol. The van der Waals surface area contributed by atoms with Gasteiger partial charge < -0.3 is 0 Å². The fraction of sp³-hybridized carbons (Fsp3) is 0.0714. The van der Waals surface area contributed by atoms with E-state index < -0.39 is 40.5 Å². The first-order chi connectivity index (χ1) is 17.6. The normalized spacial score (nSPS) is 12.7. The van der Waals surface area contributed by atoms with E-state index in [2.05, 4.69) is 0 Å². The maximum absolute atomic E-state index is 13.2. The molecule has 0 fully saturated rings. The molecule has 0 atom stereocenters. The Balaban J connectivity index is 1.79. The van der Waals surface area contributed by atoms with Gasteiger partial charge in [0, 0.05) is 0 Å². The van der Waals surface area contributed by atoms with Crippen LogP contribution in [0, 0.1) is 17.4 Å². The van der Waals surface area contributed by atoms with E-state index in [1.54, 1.807) is 78.9 Å². The molecule has 0 aliphatic heterocycles. The molecule has 0 saturated heterocycles. The molecule has 0 aromatic heterocycles. The third kappa shape index (κ3) is 7.07. The molecule has 0 unspecified atom stereocenters. The van der Waals surface area contributed by atoms with E-state index in [0.29, 0.717) is 9.13 Å². The van der Waals surface area contributed by atoms with Crippen LogP contribution >= 0.6 is 20.2 Å². The molecule has 0 radical (unpaired) electrons. The van der Waals surface area contributed by atoms with Crippen LogP contribution in [0.25, 0.3) is 5.76 Å². The third-order valence-electron chi connectivity index (χ3n) is 5.17. The standard InChI is InChI=1S/C28H25IO6S2/c1-22-13-17-26(18-14-22)36(30,31)34-28(24-9-5-3-6-10-24)21-29(25-11-7-4-8-12-25)35-37(32,33)27-19-15-23(2)16-20-27/h3-21H,1-2H3/b28-21+. The summed E-state index contributed by atoms with van der Waals surface area (Å²) in [5.74, 6) is 0.00864. The molecule has 0 heterocycles. The molecule has 192 valence electrons. The van der Waals surface area contributed by atoms with Crippen LogP contribution in [0.1, 0.15) is 16.7 Å². The van der Waals surface area contributed by atoms with Crippen LogP contribution in [0.5, 0.6) is 0 Å². The van der Waals surface area contributed by atoms with Gasteiger partial charge >= 0.3 is 227 Å². The summed E-state index contributed by atoms with van der Waals surface area (Å²) >= 11 is -3.19. The van der Waals surface area contributed by atoms with Crippen LogP contribution in [0.2, 0.25) is 0 Å². The van der Waals surface area contributed by atoms with Crippen LogP contribution in [0.15, 0.2) is 123 Å². The predicted octanol–water partition coefficient (Wildman–Crippen LogP) is 6.70. The summed E-state index contributed by atoms with van der Waals surface area (Å²) in [6, 6.07) is 30.3. The van der Waals surface area contributed by atoms with Gasteiger partial charge in [0.15, 0.2) is 0 Å². The second-order valence-electron chi connectivity index (χ2n) is 8.09. The average molecular weight is 649 g/mol. The van der Waals surface area contributed by atoms with Crippen LogP contribution in [0.4, 0.5) is 0 Å². The van der Waals surface area contributed by atoms with Crippen molar-refractivity contribution in [3.05, 3.63) is 134 Å². The van der Waals surface area contributed by atoms with E-state index >= 15 is 0 Å². The molecule has 4 aromatic carbocycles. The third-order valence-corrected chi connectivity index (χ3v) is 13.2. The van der Waals surface area contributed by atoms with Gasteiger partial charge in [0.1, 0.15) is 0 Å². The zero-order valence-electron chi connectivity index (χ0n) is 20.1. The molecule has 0 spiro atoms. The average Bonchev–Trinajstić information content (AvgIpc) is 2.89. The van der Waals surface area contributed by atoms with Crippen molar-refractivity contribution < 1.29 is 23.5 Å². The molecule has 4 aromatic rings. The van der Waals surface area contributed by atoms with Crippen molar-refractivity contribution in [1.82, 2.24) is 0 Å². The molecule has 0 amide bonds. The molecule has 37 heavy (non-hydrogen) atoms. The first-order valence-corrected chi connectivity index (χ1v) is 17.2. The van der Waals surface area contributed by atoms with Crippen molar-refractivity contribution in [3.8, 4) is 0 Å². The zero-order valence-corrected chi connectivity index (χ0v) is 23.9. The molecule has 0 saturated carbocycles. The predicted molar refractivity (Wildman–Crippen MR) is 152 cm³/mol. The van der Waals surface area contributed by atoms with E-state index in [0.717, 1.165) is 11.1 Å². The summed E-state index contributed by atoms with van der Waals surface area (Å²) in [5, 5.41) is 0. The Hall–Kier alpha value is -2.99. The Morgan fingerprint density at radius 1 is 0.622 bits per heavy atom. The van der Waals surface area contributed by atoms with Gasteiger partial charge in [0.2, 0.25) is 0 Å². The number of halogens is 1. The topological polar surface area (TPSA) is 86.7 Å². The molecular formula is C28H25IO6S2. The summed E-state index contributed by atoms with van der Waals surface area (Å²) in [5.41, 5.74) is 2.30. The van der Waals surface area contributed by atoms with Crippen LogP contribution in [-0.2, 0) is 26.9 Å². The summed E-state index contributed by atoms with van der Waals surface area (Å²) in [7, 11) is -8.33. The first-order valence-electron chi connectivity index (χ1n) is 11.2. The number of hydrogen-bond donors (Lipinski definition) is 0. The van der Waals surface area contributed by atoms with E-state index in [1.165, 1.54) is 28.3 Å². The molecule has 0 bridgehead atoms. The Kier molecular flexibility index (Phi) is 8.48. The maximum atomic E-state index is 13.2. The number of aryl methyl sites for hydroxylation is 2. The Morgan fingerprint density at radius 3 is 1.59 bits per heavy atom. The fourth-order valence-corrected chi connectivity index (χ4v) is 10.7. The summed E-state index contributed by atoms with van der Waals surface area (Å²) in [6.45, 7) is 3.72. The quantitative estimate of drug-likeness (QED) is 0.114. The minimum atomic E-state index is -4.20. The van der Waals surface area contributed by atoms with E-state index in [9.17, 15) is 16.8 Å². The van der Waals surface area contributed by atoms with Crippen LogP contribution < -0.4 is 0 Å². The van der Waals surface area contributed by atoms with Gasteiger partial charge in [-0.1, -0.05) is 0 Å². The SMILES string of the molecule is Cc1ccc(S(=O)(=O)O/C(=C/I(OS(=O)(=O)c2ccc(C)cc2)c2ccccc2)c2ccccc2)cc1. The fourth-order valence-electron chi connectivity index (χ4n) is 3.18. The van der Waals surface area contributed by atoms with E-state index in [-0.39, 0.29) is 15.6 Å². The van der Waals surface area contributed by atoms with Gasteiger partial charge in [-0.2, -0.15) is 0 Å². The van der Waals surface area contributed by atoms with Crippen LogP contribution in [-0.4, -0.2) is 16.8 Å². The minimum absolute atomic E-state index is 0.00631. The van der Waals surface area contributed by atoms with Gasteiger partial charge in [0.25, 0.3) is 0 Å². The Morgan fingerprint density at radius 2 is 1.08 bits per heavy atom. The van der Waals surface area contributed by atoms with Crippen molar-refractivity contribution >= 4 is 46.2 Å². The molecule has 0 N–H and O–H groups in total. The molecule has 9 heteroatoms. The Labute approximate surface area is 225 Å². The van der Waals surface area contributed by atoms with Gasteiger partial charge in [-0.3, -0.25) is 0 Å². The van der Waals surface area contributed by atoms with E-state index in [4.69, 9.17) is 6.70 Å². The van der Waals surface area contributed by atoms with Gasteiger partial charge in [0.05, 0.1) is 0 Å². The first kappa shape index (κ1) is 27.1. The second-order valence-corrected chi connectivity index (χ2v) is 15.7. The van der Waals surface area contributed by atoms with Crippen LogP contribution in [0.3, 0.4) is 0 Å². The van der Waals surface area contributed by atoms with Gasteiger partial charge in [-0.05, 0) is 0 Å². The summed E-state index contributed by atoms with van der Waals surface area (Å²) < 4.78 is 66.4. The molecule has 0 aliphatic carbocycles. The second kappa shape index (κ2) is 11.6. The molecule has 4 rings (SSSR count). The van der Waals surface area contributed by atoms with Crippen molar-refractivity contribution in [2.75, 3.05) is 0 Å². The van der Waals surface area contributed by atoms with Gasteiger partial charge in [-0.15, -0.1) is 0 Å². The van der Waals surface area contributed by atoms with Crippen molar-refractivity contribution in [3.63, 3.8) is 0 Å². The van der Waals surface area contributed by atoms with Crippen molar-refractivity contribution in [2.45, 2.75) is 23.6 Å². The van der Waals surface area contributed by atoms with Gasteiger partial charge in [-0.25, -0.2) is 0 Å². The summed E-state index contributed by atoms with van der Waals surface area (Å²) in [6.07, 6.45) is 0. The monoisotopic (exact) mass is 648 g/mol. The van der Waals surface area contributed by atoms with E-state index in [1.807, 2.05) is 19.9 Å². The molecule has 6 nitrogen and oxygen atoms in total. The molecule has 0 aliphatic rings.